The van der Waals surface area contributed by atoms with E-state index < -0.39 is 0 Å². The predicted octanol–water partition coefficient (Wildman–Crippen LogP) is 3.98. The zero-order chi connectivity index (χ0) is 19.3. The lowest BCUT2D eigenvalue weighted by molar-refractivity contribution is 0.0746. The van der Waals surface area contributed by atoms with Crippen molar-refractivity contribution < 1.29 is 13.9 Å². The van der Waals surface area contributed by atoms with Gasteiger partial charge < -0.3 is 14.5 Å². The number of hydrogen-bond acceptors (Lipinski definition) is 4. The van der Waals surface area contributed by atoms with Crippen LogP contribution < -0.4 is 9.64 Å². The SMILES string of the molecule is O=C(c1cccc(Oc2ccccn2)c1)N1CCN(c2ccccc2F)CC1. The molecule has 28 heavy (non-hydrogen) atoms. The van der Waals surface area contributed by atoms with Gasteiger partial charge in [0.1, 0.15) is 11.6 Å². The largest absolute Gasteiger partial charge is 0.439 e. The number of carbonyl (C=O) groups excluding carboxylic acids is 1. The Balaban J connectivity index is 1.41. The van der Waals surface area contributed by atoms with Gasteiger partial charge >= 0.3 is 0 Å². The third kappa shape index (κ3) is 3.96. The average molecular weight is 377 g/mol. The van der Waals surface area contributed by atoms with Crippen molar-refractivity contribution in [2.45, 2.75) is 0 Å². The smallest absolute Gasteiger partial charge is 0.254 e. The molecular weight excluding hydrogens is 357 g/mol. The number of carbonyl (C=O) groups is 1. The van der Waals surface area contributed by atoms with Gasteiger partial charge in [0.25, 0.3) is 5.91 Å². The van der Waals surface area contributed by atoms with E-state index in [1.54, 1.807) is 53.6 Å². The van der Waals surface area contributed by atoms with Gasteiger partial charge in [-0.25, -0.2) is 9.37 Å². The van der Waals surface area contributed by atoms with Crippen molar-refractivity contribution >= 4 is 11.6 Å². The maximum atomic E-state index is 14.0. The first-order valence-electron chi connectivity index (χ1n) is 9.18. The Labute approximate surface area is 163 Å². The molecule has 142 valence electrons. The van der Waals surface area contributed by atoms with Gasteiger partial charge in [0.15, 0.2) is 0 Å². The molecule has 1 aliphatic rings. The van der Waals surface area contributed by atoms with Gasteiger partial charge in [0.2, 0.25) is 5.88 Å². The van der Waals surface area contributed by atoms with Crippen LogP contribution in [0.3, 0.4) is 0 Å². The van der Waals surface area contributed by atoms with E-state index in [0.717, 1.165) is 0 Å². The molecule has 0 spiro atoms. The molecule has 0 saturated carbocycles. The van der Waals surface area contributed by atoms with Crippen molar-refractivity contribution in [3.05, 3.63) is 84.3 Å². The maximum Gasteiger partial charge on any atom is 0.254 e. The number of ether oxygens (including phenoxy) is 1. The van der Waals surface area contributed by atoms with E-state index in [4.69, 9.17) is 4.74 Å². The molecule has 4 rings (SSSR count). The number of pyridine rings is 1. The molecule has 0 aliphatic carbocycles. The van der Waals surface area contributed by atoms with Crippen LogP contribution in [0.1, 0.15) is 10.4 Å². The number of halogens is 1. The summed E-state index contributed by atoms with van der Waals surface area (Å²) in [4.78, 5) is 20.8. The molecule has 0 N–H and O–H groups in total. The minimum atomic E-state index is -0.235. The lowest BCUT2D eigenvalue weighted by atomic mass is 10.1. The first-order chi connectivity index (χ1) is 13.7. The van der Waals surface area contributed by atoms with Crippen LogP contribution in [-0.2, 0) is 0 Å². The summed E-state index contributed by atoms with van der Waals surface area (Å²) in [6, 6.07) is 19.2. The second-order valence-corrected chi connectivity index (χ2v) is 6.53. The molecule has 5 nitrogen and oxygen atoms in total. The van der Waals surface area contributed by atoms with Crippen LogP contribution in [0, 0.1) is 5.82 Å². The van der Waals surface area contributed by atoms with E-state index in [-0.39, 0.29) is 11.7 Å². The highest BCUT2D eigenvalue weighted by Gasteiger charge is 2.23. The number of para-hydroxylation sites is 1. The molecule has 1 fully saturated rings. The van der Waals surface area contributed by atoms with Crippen LogP contribution in [0.15, 0.2) is 72.9 Å². The molecule has 6 heteroatoms. The van der Waals surface area contributed by atoms with Crippen molar-refractivity contribution in [1.82, 2.24) is 9.88 Å². The topological polar surface area (TPSA) is 45.7 Å². The monoisotopic (exact) mass is 377 g/mol. The first kappa shape index (κ1) is 18.0. The fraction of sp³-hybridized carbons (Fsp3) is 0.182. The Bertz CT molecular complexity index is 957. The van der Waals surface area contributed by atoms with Gasteiger partial charge in [-0.05, 0) is 36.4 Å². The van der Waals surface area contributed by atoms with Crippen molar-refractivity contribution in [3.8, 4) is 11.6 Å². The quantitative estimate of drug-likeness (QED) is 0.690. The lowest BCUT2D eigenvalue weighted by Crippen LogP contribution is -2.49. The van der Waals surface area contributed by atoms with Crippen molar-refractivity contribution in [2.24, 2.45) is 0 Å². The van der Waals surface area contributed by atoms with Crippen LogP contribution in [-0.4, -0.2) is 42.0 Å². The standard InChI is InChI=1S/C22H20FN3O2/c23-19-8-1-2-9-20(19)25-12-14-26(15-13-25)22(27)17-6-5-7-18(16-17)28-21-10-3-4-11-24-21/h1-11,16H,12-15H2. The molecule has 1 aliphatic heterocycles. The number of piperazine rings is 1. The van der Waals surface area contributed by atoms with Gasteiger partial charge in [-0.1, -0.05) is 24.3 Å². The highest BCUT2D eigenvalue weighted by atomic mass is 19.1. The minimum absolute atomic E-state index is 0.0559. The molecule has 1 amide bonds. The Morgan fingerprint density at radius 2 is 1.71 bits per heavy atom. The minimum Gasteiger partial charge on any atom is -0.439 e. The fourth-order valence-corrected chi connectivity index (χ4v) is 3.26. The van der Waals surface area contributed by atoms with Gasteiger partial charge in [-0.3, -0.25) is 4.79 Å². The summed E-state index contributed by atoms with van der Waals surface area (Å²) in [5.74, 6) is 0.751. The summed E-state index contributed by atoms with van der Waals surface area (Å²) >= 11 is 0. The zero-order valence-electron chi connectivity index (χ0n) is 15.3. The summed E-state index contributed by atoms with van der Waals surface area (Å²) in [5, 5.41) is 0. The molecule has 0 bridgehead atoms. The Hall–Kier alpha value is -3.41. The molecule has 2 aromatic carbocycles. The number of amides is 1. The van der Waals surface area contributed by atoms with E-state index in [1.807, 2.05) is 23.1 Å². The molecule has 1 aromatic heterocycles. The van der Waals surface area contributed by atoms with Gasteiger partial charge in [-0.15, -0.1) is 0 Å². The molecule has 3 aromatic rings. The van der Waals surface area contributed by atoms with Gasteiger partial charge in [0, 0.05) is 44.0 Å². The van der Waals surface area contributed by atoms with Gasteiger partial charge in [-0.2, -0.15) is 0 Å². The molecule has 1 saturated heterocycles. The molecule has 0 radical (unpaired) electrons. The zero-order valence-corrected chi connectivity index (χ0v) is 15.3. The second kappa shape index (κ2) is 8.08. The Kier molecular flexibility index (Phi) is 5.19. The molecule has 0 atom stereocenters. The van der Waals surface area contributed by atoms with Crippen molar-refractivity contribution in [3.63, 3.8) is 0 Å². The second-order valence-electron chi connectivity index (χ2n) is 6.53. The van der Waals surface area contributed by atoms with E-state index in [1.165, 1.54) is 6.07 Å². The number of hydrogen-bond donors (Lipinski definition) is 0. The third-order valence-corrected chi connectivity index (χ3v) is 4.70. The Morgan fingerprint density at radius 3 is 2.46 bits per heavy atom. The van der Waals surface area contributed by atoms with Crippen LogP contribution in [0.2, 0.25) is 0 Å². The highest BCUT2D eigenvalue weighted by molar-refractivity contribution is 5.94. The summed E-state index contributed by atoms with van der Waals surface area (Å²) in [6.45, 7) is 2.27. The van der Waals surface area contributed by atoms with E-state index in [9.17, 15) is 9.18 Å². The van der Waals surface area contributed by atoms with Crippen LogP contribution in [0.5, 0.6) is 11.6 Å². The lowest BCUT2D eigenvalue weighted by Gasteiger charge is -2.36. The van der Waals surface area contributed by atoms with Crippen molar-refractivity contribution in [2.75, 3.05) is 31.1 Å². The fourth-order valence-electron chi connectivity index (χ4n) is 3.26. The summed E-state index contributed by atoms with van der Waals surface area (Å²) < 4.78 is 19.7. The van der Waals surface area contributed by atoms with E-state index >= 15 is 0 Å². The van der Waals surface area contributed by atoms with Crippen LogP contribution in [0.4, 0.5) is 10.1 Å². The van der Waals surface area contributed by atoms with Crippen LogP contribution >= 0.6 is 0 Å². The molecule has 2 heterocycles. The van der Waals surface area contributed by atoms with Crippen molar-refractivity contribution in [1.29, 1.82) is 0 Å². The molecular formula is C22H20FN3O2. The van der Waals surface area contributed by atoms with E-state index in [0.29, 0.717) is 49.1 Å². The number of aromatic nitrogens is 1. The van der Waals surface area contributed by atoms with E-state index in [2.05, 4.69) is 4.98 Å². The third-order valence-electron chi connectivity index (χ3n) is 4.70. The average Bonchev–Trinajstić information content (AvgIpc) is 2.75. The summed E-state index contributed by atoms with van der Waals surface area (Å²) in [6.07, 6.45) is 1.65. The van der Waals surface area contributed by atoms with Crippen LogP contribution in [0.25, 0.3) is 0 Å². The van der Waals surface area contributed by atoms with Gasteiger partial charge in [0.05, 0.1) is 5.69 Å². The number of nitrogens with zero attached hydrogens (tertiary/aromatic N) is 3. The Morgan fingerprint density at radius 1 is 0.929 bits per heavy atom. The first-order valence-corrected chi connectivity index (χ1v) is 9.18. The highest BCUT2D eigenvalue weighted by Crippen LogP contribution is 2.23. The number of rotatable bonds is 4. The maximum absolute atomic E-state index is 14.0. The predicted molar refractivity (Wildman–Crippen MR) is 105 cm³/mol. The number of anilines is 1. The normalized spacial score (nSPS) is 14.0. The molecule has 0 unspecified atom stereocenters. The summed E-state index contributed by atoms with van der Waals surface area (Å²) in [5.41, 5.74) is 1.15. The number of benzene rings is 2. The summed E-state index contributed by atoms with van der Waals surface area (Å²) in [7, 11) is 0.